The van der Waals surface area contributed by atoms with Gasteiger partial charge in [-0.05, 0) is 50.9 Å². The fourth-order valence-electron chi connectivity index (χ4n) is 3.44. The lowest BCUT2D eigenvalue weighted by atomic mass is 9.93. The molecule has 1 amide bonds. The number of hydrogen-bond donors (Lipinski definition) is 1. The third-order valence-corrected chi connectivity index (χ3v) is 4.91. The summed E-state index contributed by atoms with van der Waals surface area (Å²) in [5.41, 5.74) is 1.64. The van der Waals surface area contributed by atoms with Gasteiger partial charge in [-0.25, -0.2) is 0 Å². The van der Waals surface area contributed by atoms with Crippen molar-refractivity contribution in [3.05, 3.63) is 29.3 Å². The second-order valence-electron chi connectivity index (χ2n) is 6.46. The van der Waals surface area contributed by atoms with Crippen molar-refractivity contribution in [3.8, 4) is 11.5 Å². The number of carbonyl (C=O) groups is 1. The molecule has 6 heteroatoms. The summed E-state index contributed by atoms with van der Waals surface area (Å²) >= 11 is 0. The monoisotopic (exact) mass is 366 g/mol. The number of fused-ring (bicyclic) bond motifs is 1. The summed E-state index contributed by atoms with van der Waals surface area (Å²) in [4.78, 5) is 14.7. The molecule has 0 bridgehead atoms. The van der Waals surface area contributed by atoms with Crippen LogP contribution >= 0.6 is 12.4 Å². The molecule has 0 unspecified atom stereocenters. The van der Waals surface area contributed by atoms with Crippen LogP contribution < -0.4 is 14.8 Å². The van der Waals surface area contributed by atoms with Crippen LogP contribution in [0.5, 0.6) is 11.5 Å². The minimum absolute atomic E-state index is 0. The normalized spacial score (nSPS) is 17.0. The molecule has 138 valence electrons. The molecular formula is C19H27ClN2O3. The quantitative estimate of drug-likeness (QED) is 0.870. The molecule has 1 aromatic carbocycles. The van der Waals surface area contributed by atoms with Gasteiger partial charge in [0.05, 0.1) is 12.7 Å². The Balaban J connectivity index is 0.00000225. The number of likely N-dealkylation sites (tertiary alicyclic amines) is 1. The molecule has 1 saturated heterocycles. The van der Waals surface area contributed by atoms with Crippen LogP contribution in [0.1, 0.15) is 24.8 Å². The van der Waals surface area contributed by atoms with Crippen molar-refractivity contribution in [2.75, 3.05) is 40.4 Å². The van der Waals surface area contributed by atoms with Gasteiger partial charge in [-0.1, -0.05) is 12.1 Å². The lowest BCUT2D eigenvalue weighted by molar-refractivity contribution is -0.128. The second kappa shape index (κ2) is 9.11. The van der Waals surface area contributed by atoms with E-state index >= 15 is 0 Å². The maximum atomic E-state index is 12.8. The fourth-order valence-corrected chi connectivity index (χ4v) is 3.44. The first-order chi connectivity index (χ1) is 11.7. The van der Waals surface area contributed by atoms with Crippen LogP contribution in [-0.2, 0) is 4.79 Å². The molecule has 5 nitrogen and oxygen atoms in total. The van der Waals surface area contributed by atoms with Crippen molar-refractivity contribution in [3.63, 3.8) is 0 Å². The number of halogens is 1. The summed E-state index contributed by atoms with van der Waals surface area (Å²) in [5, 5.41) is 3.20. The number of nitrogens with zero attached hydrogens (tertiary/aromatic N) is 1. The van der Waals surface area contributed by atoms with Crippen LogP contribution in [0.25, 0.3) is 6.08 Å². The minimum atomic E-state index is 0. The van der Waals surface area contributed by atoms with Crippen molar-refractivity contribution >= 4 is 24.4 Å². The molecule has 1 N–H and O–H groups in total. The average Bonchev–Trinajstić information content (AvgIpc) is 2.65. The Labute approximate surface area is 155 Å². The Morgan fingerprint density at radius 2 is 2.12 bits per heavy atom. The van der Waals surface area contributed by atoms with Gasteiger partial charge in [0.1, 0.15) is 6.61 Å². The molecule has 25 heavy (non-hydrogen) atoms. The molecule has 1 aromatic rings. The highest BCUT2D eigenvalue weighted by Crippen LogP contribution is 2.36. The third-order valence-electron chi connectivity index (χ3n) is 4.91. The zero-order chi connectivity index (χ0) is 16.9. The van der Waals surface area contributed by atoms with E-state index in [1.807, 2.05) is 36.2 Å². The fraction of sp³-hybridized carbons (Fsp3) is 0.526. The zero-order valence-electron chi connectivity index (χ0n) is 14.9. The molecule has 0 spiro atoms. The van der Waals surface area contributed by atoms with Gasteiger partial charge >= 0.3 is 0 Å². The van der Waals surface area contributed by atoms with Gasteiger partial charge in [0.2, 0.25) is 0 Å². The first-order valence-corrected chi connectivity index (χ1v) is 8.67. The van der Waals surface area contributed by atoms with Crippen molar-refractivity contribution in [2.24, 2.45) is 5.92 Å². The maximum absolute atomic E-state index is 12.8. The first-order valence-electron chi connectivity index (χ1n) is 8.67. The third kappa shape index (κ3) is 4.47. The number of amides is 1. The topological polar surface area (TPSA) is 50.8 Å². The zero-order valence-corrected chi connectivity index (χ0v) is 15.7. The second-order valence-corrected chi connectivity index (χ2v) is 6.46. The summed E-state index contributed by atoms with van der Waals surface area (Å²) in [5.74, 6) is 2.27. The average molecular weight is 367 g/mol. The smallest absolute Gasteiger partial charge is 0.253 e. The number of methoxy groups -OCH3 is 1. The predicted molar refractivity (Wildman–Crippen MR) is 102 cm³/mol. The number of ether oxygens (including phenoxy) is 2. The van der Waals surface area contributed by atoms with Gasteiger partial charge in [0.25, 0.3) is 5.91 Å². The lowest BCUT2D eigenvalue weighted by Gasteiger charge is -2.33. The van der Waals surface area contributed by atoms with Crippen molar-refractivity contribution in [1.29, 1.82) is 0 Å². The van der Waals surface area contributed by atoms with Gasteiger partial charge in [0, 0.05) is 18.7 Å². The molecule has 1 fully saturated rings. The first kappa shape index (κ1) is 19.6. The summed E-state index contributed by atoms with van der Waals surface area (Å²) < 4.78 is 11.1. The van der Waals surface area contributed by atoms with E-state index in [1.165, 1.54) is 6.42 Å². The Morgan fingerprint density at radius 1 is 1.36 bits per heavy atom. The molecule has 2 aliphatic heterocycles. The summed E-state index contributed by atoms with van der Waals surface area (Å²) in [6.07, 6.45) is 5.31. The number of rotatable bonds is 5. The van der Waals surface area contributed by atoms with Gasteiger partial charge < -0.3 is 19.7 Å². The molecule has 2 aliphatic rings. The number of carbonyl (C=O) groups excluding carboxylic acids is 1. The molecule has 0 radical (unpaired) electrons. The standard InChI is InChI=1S/C19H26N2O3.ClH/c1-20-9-6-14-7-10-21(11-8-14)19(22)16-12-15-4-3-5-17(23-2)18(15)24-13-16;/h3-5,12,14,20H,6-11,13H2,1-2H3;1H. The van der Waals surface area contributed by atoms with E-state index in [1.54, 1.807) is 7.11 Å². The van der Waals surface area contributed by atoms with E-state index in [2.05, 4.69) is 5.32 Å². The predicted octanol–water partition coefficient (Wildman–Crippen LogP) is 2.74. The van der Waals surface area contributed by atoms with Crippen molar-refractivity contribution in [2.45, 2.75) is 19.3 Å². The molecule has 0 aromatic heterocycles. The van der Waals surface area contributed by atoms with Gasteiger partial charge in [-0.2, -0.15) is 0 Å². The molecule has 2 heterocycles. The highest BCUT2D eigenvalue weighted by Gasteiger charge is 2.27. The van der Waals surface area contributed by atoms with Crippen LogP contribution in [0.2, 0.25) is 0 Å². The van der Waals surface area contributed by atoms with Gasteiger partial charge in [-0.15, -0.1) is 12.4 Å². The number of nitrogens with one attached hydrogen (secondary N) is 1. The van der Waals surface area contributed by atoms with E-state index in [0.29, 0.717) is 12.4 Å². The van der Waals surface area contributed by atoms with E-state index in [0.717, 1.165) is 55.3 Å². The van der Waals surface area contributed by atoms with Gasteiger partial charge in [0.15, 0.2) is 11.5 Å². The number of piperidine rings is 1. The highest BCUT2D eigenvalue weighted by molar-refractivity contribution is 5.99. The SMILES string of the molecule is CNCCC1CCN(C(=O)C2=Cc3cccc(OC)c3OC2)CC1.Cl. The van der Waals surface area contributed by atoms with E-state index < -0.39 is 0 Å². The number of benzene rings is 1. The van der Waals surface area contributed by atoms with Crippen LogP contribution in [0.4, 0.5) is 0 Å². The maximum Gasteiger partial charge on any atom is 0.253 e. The highest BCUT2D eigenvalue weighted by atomic mass is 35.5. The Kier molecular flexibility index (Phi) is 7.14. The van der Waals surface area contributed by atoms with Crippen molar-refractivity contribution < 1.29 is 14.3 Å². The molecule has 0 saturated carbocycles. The molecule has 3 rings (SSSR count). The summed E-state index contributed by atoms with van der Waals surface area (Å²) in [6.45, 7) is 3.05. The van der Waals surface area contributed by atoms with Crippen molar-refractivity contribution in [1.82, 2.24) is 10.2 Å². The van der Waals surface area contributed by atoms with E-state index in [4.69, 9.17) is 9.47 Å². The Hall–Kier alpha value is -1.72. The Bertz CT molecular complexity index is 625. The minimum Gasteiger partial charge on any atom is -0.493 e. The molecule has 0 aliphatic carbocycles. The van der Waals surface area contributed by atoms with E-state index in [9.17, 15) is 4.79 Å². The van der Waals surface area contributed by atoms with Crippen LogP contribution in [0, 0.1) is 5.92 Å². The van der Waals surface area contributed by atoms with Crippen LogP contribution in [-0.4, -0.2) is 51.2 Å². The molecular weight excluding hydrogens is 340 g/mol. The summed E-state index contributed by atoms with van der Waals surface area (Å²) in [7, 11) is 3.61. The van der Waals surface area contributed by atoms with E-state index in [-0.39, 0.29) is 18.3 Å². The van der Waals surface area contributed by atoms with Crippen LogP contribution in [0.15, 0.2) is 23.8 Å². The lowest BCUT2D eigenvalue weighted by Crippen LogP contribution is -2.40. The number of para-hydroxylation sites is 1. The number of hydrogen-bond acceptors (Lipinski definition) is 4. The van der Waals surface area contributed by atoms with Crippen LogP contribution in [0.3, 0.4) is 0 Å². The Morgan fingerprint density at radius 3 is 2.80 bits per heavy atom. The largest absolute Gasteiger partial charge is 0.493 e. The summed E-state index contributed by atoms with van der Waals surface area (Å²) in [6, 6.07) is 5.74. The van der Waals surface area contributed by atoms with Gasteiger partial charge in [-0.3, -0.25) is 4.79 Å². The molecule has 0 atom stereocenters.